The fourth-order valence-electron chi connectivity index (χ4n) is 1.12. The van der Waals surface area contributed by atoms with Gasteiger partial charge in [-0.2, -0.15) is 0 Å². The molecule has 0 fully saturated rings. The highest BCUT2D eigenvalue weighted by atomic mass is 19.2. The standard InChI is InChI=1S/C9H7FN2/c10-12-9-6-5-7-3-1-2-4-8(7)11-9/h1-6H,(H,11,12). The van der Waals surface area contributed by atoms with Crippen LogP contribution in [0.4, 0.5) is 10.3 Å². The van der Waals surface area contributed by atoms with Crippen LogP contribution in [0.1, 0.15) is 0 Å². The molecule has 0 saturated heterocycles. The minimum atomic E-state index is 0.244. The number of nitrogens with zero attached hydrogens (tertiary/aromatic N) is 1. The lowest BCUT2D eigenvalue weighted by Crippen LogP contribution is -1.86. The molecular weight excluding hydrogens is 155 g/mol. The Labute approximate surface area is 69.0 Å². The molecule has 0 bridgehead atoms. The van der Waals surface area contributed by atoms with Crippen LogP contribution >= 0.6 is 0 Å². The van der Waals surface area contributed by atoms with E-state index in [-0.39, 0.29) is 5.82 Å². The first-order valence-electron chi connectivity index (χ1n) is 3.62. The Morgan fingerprint density at radius 3 is 2.75 bits per heavy atom. The van der Waals surface area contributed by atoms with E-state index in [1.165, 1.54) is 5.54 Å². The lowest BCUT2D eigenvalue weighted by Gasteiger charge is -1.98. The summed E-state index contributed by atoms with van der Waals surface area (Å²) in [6.45, 7) is 0. The molecule has 0 atom stereocenters. The summed E-state index contributed by atoms with van der Waals surface area (Å²) >= 11 is 0. The van der Waals surface area contributed by atoms with Gasteiger partial charge in [-0.15, -0.1) is 4.48 Å². The molecule has 3 heteroatoms. The number of pyridine rings is 1. The Kier molecular flexibility index (Phi) is 1.63. The summed E-state index contributed by atoms with van der Waals surface area (Å²) < 4.78 is 11.9. The minimum absolute atomic E-state index is 0.244. The van der Waals surface area contributed by atoms with E-state index in [0.29, 0.717) is 0 Å². The number of para-hydroxylation sites is 1. The van der Waals surface area contributed by atoms with Crippen molar-refractivity contribution in [2.75, 3.05) is 5.54 Å². The quantitative estimate of drug-likeness (QED) is 0.652. The van der Waals surface area contributed by atoms with Crippen molar-refractivity contribution in [2.24, 2.45) is 0 Å². The van der Waals surface area contributed by atoms with Crippen LogP contribution in [0.15, 0.2) is 36.4 Å². The average molecular weight is 162 g/mol. The van der Waals surface area contributed by atoms with Gasteiger partial charge in [0.2, 0.25) is 0 Å². The number of rotatable bonds is 1. The summed E-state index contributed by atoms with van der Waals surface area (Å²) in [6, 6.07) is 11.0. The Bertz CT molecular complexity index is 400. The highest BCUT2D eigenvalue weighted by Crippen LogP contribution is 2.13. The first-order valence-corrected chi connectivity index (χ1v) is 3.62. The van der Waals surface area contributed by atoms with Crippen molar-refractivity contribution in [3.8, 4) is 0 Å². The third-order valence-corrected chi connectivity index (χ3v) is 1.70. The van der Waals surface area contributed by atoms with E-state index in [1.54, 1.807) is 6.07 Å². The van der Waals surface area contributed by atoms with Crippen LogP contribution in [0, 0.1) is 0 Å². The molecule has 0 amide bonds. The summed E-state index contributed by atoms with van der Waals surface area (Å²) in [4.78, 5) is 4.01. The van der Waals surface area contributed by atoms with Crippen LogP contribution in [-0.4, -0.2) is 4.98 Å². The third kappa shape index (κ3) is 1.09. The molecule has 60 valence electrons. The molecule has 0 unspecified atom stereocenters. The van der Waals surface area contributed by atoms with Crippen LogP contribution in [-0.2, 0) is 0 Å². The van der Waals surface area contributed by atoms with E-state index in [9.17, 15) is 4.48 Å². The zero-order valence-electron chi connectivity index (χ0n) is 6.29. The van der Waals surface area contributed by atoms with E-state index in [2.05, 4.69) is 4.98 Å². The van der Waals surface area contributed by atoms with Gasteiger partial charge in [0.15, 0.2) is 5.82 Å². The Morgan fingerprint density at radius 1 is 1.08 bits per heavy atom. The molecular formula is C9H7FN2. The molecule has 0 aliphatic carbocycles. The molecule has 0 radical (unpaired) electrons. The first-order chi connectivity index (χ1) is 5.90. The fourth-order valence-corrected chi connectivity index (χ4v) is 1.12. The highest BCUT2D eigenvalue weighted by Gasteiger charge is 1.94. The summed E-state index contributed by atoms with van der Waals surface area (Å²) in [5, 5.41) is 1.01. The van der Waals surface area contributed by atoms with E-state index < -0.39 is 0 Å². The molecule has 2 aromatic rings. The molecule has 1 aromatic heterocycles. The zero-order valence-corrected chi connectivity index (χ0v) is 6.29. The second-order valence-corrected chi connectivity index (χ2v) is 2.48. The minimum Gasteiger partial charge on any atom is -0.229 e. The first kappa shape index (κ1) is 7.03. The SMILES string of the molecule is FNc1ccc2ccccc2n1. The van der Waals surface area contributed by atoms with E-state index in [0.717, 1.165) is 10.9 Å². The number of hydrogen-bond acceptors (Lipinski definition) is 2. The van der Waals surface area contributed by atoms with Gasteiger partial charge in [0.25, 0.3) is 0 Å². The predicted molar refractivity (Wildman–Crippen MR) is 46.5 cm³/mol. The molecule has 1 heterocycles. The van der Waals surface area contributed by atoms with E-state index >= 15 is 0 Å². The van der Waals surface area contributed by atoms with Gasteiger partial charge in [0, 0.05) is 5.39 Å². The maximum atomic E-state index is 11.9. The summed E-state index contributed by atoms with van der Waals surface area (Å²) in [6.07, 6.45) is 0. The molecule has 1 aromatic carbocycles. The zero-order chi connectivity index (χ0) is 8.39. The van der Waals surface area contributed by atoms with Gasteiger partial charge in [-0.3, -0.25) is 0 Å². The van der Waals surface area contributed by atoms with E-state index in [1.807, 2.05) is 30.3 Å². The lowest BCUT2D eigenvalue weighted by molar-refractivity contribution is 0.612. The number of benzene rings is 1. The second kappa shape index (κ2) is 2.77. The Morgan fingerprint density at radius 2 is 1.92 bits per heavy atom. The Balaban J connectivity index is 2.67. The number of hydrogen-bond donors (Lipinski definition) is 1. The van der Waals surface area contributed by atoms with Gasteiger partial charge in [0.05, 0.1) is 5.52 Å². The smallest absolute Gasteiger partial charge is 0.155 e. The monoisotopic (exact) mass is 162 g/mol. The van der Waals surface area contributed by atoms with Crippen LogP contribution in [0.25, 0.3) is 10.9 Å². The summed E-state index contributed by atoms with van der Waals surface area (Å²) in [5.41, 5.74) is 2.30. The van der Waals surface area contributed by atoms with Crippen molar-refractivity contribution in [3.63, 3.8) is 0 Å². The van der Waals surface area contributed by atoms with Crippen LogP contribution in [0.5, 0.6) is 0 Å². The fraction of sp³-hybridized carbons (Fsp3) is 0. The molecule has 0 aliphatic heterocycles. The van der Waals surface area contributed by atoms with Gasteiger partial charge >= 0.3 is 0 Å². The molecule has 0 spiro atoms. The van der Waals surface area contributed by atoms with Crippen molar-refractivity contribution in [3.05, 3.63) is 36.4 Å². The van der Waals surface area contributed by atoms with Crippen molar-refractivity contribution < 1.29 is 4.48 Å². The second-order valence-electron chi connectivity index (χ2n) is 2.48. The van der Waals surface area contributed by atoms with Crippen molar-refractivity contribution in [2.45, 2.75) is 0 Å². The molecule has 12 heavy (non-hydrogen) atoms. The lowest BCUT2D eigenvalue weighted by atomic mass is 10.2. The average Bonchev–Trinajstić information content (AvgIpc) is 2.17. The maximum Gasteiger partial charge on any atom is 0.155 e. The Hall–Kier alpha value is -1.64. The highest BCUT2D eigenvalue weighted by molar-refractivity contribution is 5.79. The van der Waals surface area contributed by atoms with Crippen molar-refractivity contribution in [1.82, 2.24) is 4.98 Å². The normalized spacial score (nSPS) is 10.1. The number of fused-ring (bicyclic) bond motifs is 1. The number of halogens is 1. The summed E-state index contributed by atoms with van der Waals surface area (Å²) in [5.74, 6) is 0.244. The molecule has 0 saturated carbocycles. The topological polar surface area (TPSA) is 24.9 Å². The number of anilines is 1. The van der Waals surface area contributed by atoms with Gasteiger partial charge in [-0.25, -0.2) is 10.5 Å². The third-order valence-electron chi connectivity index (χ3n) is 1.70. The predicted octanol–water partition coefficient (Wildman–Crippen LogP) is 2.53. The molecule has 2 rings (SSSR count). The van der Waals surface area contributed by atoms with Crippen LogP contribution in [0.3, 0.4) is 0 Å². The van der Waals surface area contributed by atoms with Gasteiger partial charge in [-0.1, -0.05) is 18.2 Å². The molecule has 2 nitrogen and oxygen atoms in total. The summed E-state index contributed by atoms with van der Waals surface area (Å²) in [7, 11) is 0. The van der Waals surface area contributed by atoms with Crippen molar-refractivity contribution >= 4 is 16.7 Å². The van der Waals surface area contributed by atoms with Crippen LogP contribution < -0.4 is 5.54 Å². The maximum absolute atomic E-state index is 11.9. The largest absolute Gasteiger partial charge is 0.229 e. The molecule has 0 aliphatic rings. The number of nitrogens with one attached hydrogen (secondary N) is 1. The van der Waals surface area contributed by atoms with Crippen LogP contribution in [0.2, 0.25) is 0 Å². The van der Waals surface area contributed by atoms with Crippen molar-refractivity contribution in [1.29, 1.82) is 0 Å². The van der Waals surface area contributed by atoms with Gasteiger partial charge in [0.1, 0.15) is 0 Å². The van der Waals surface area contributed by atoms with E-state index in [4.69, 9.17) is 0 Å². The molecule has 1 N–H and O–H groups in total. The van der Waals surface area contributed by atoms with Gasteiger partial charge in [-0.05, 0) is 18.2 Å². The number of aromatic nitrogens is 1. The van der Waals surface area contributed by atoms with Gasteiger partial charge < -0.3 is 0 Å².